The summed E-state index contributed by atoms with van der Waals surface area (Å²) in [5.41, 5.74) is 5.60. The molecule has 100 valence electrons. The molecule has 0 bridgehead atoms. The van der Waals surface area contributed by atoms with Crippen molar-refractivity contribution in [3.63, 3.8) is 0 Å². The van der Waals surface area contributed by atoms with E-state index in [1.165, 1.54) is 25.7 Å². The van der Waals surface area contributed by atoms with Gasteiger partial charge >= 0.3 is 0 Å². The molecule has 1 unspecified atom stereocenters. The van der Waals surface area contributed by atoms with Gasteiger partial charge in [0.1, 0.15) is 0 Å². The van der Waals surface area contributed by atoms with Gasteiger partial charge in [-0.15, -0.1) is 0 Å². The molecule has 0 aromatic carbocycles. The third kappa shape index (κ3) is 4.66. The highest BCUT2D eigenvalue weighted by Crippen LogP contribution is 2.25. The van der Waals surface area contributed by atoms with Gasteiger partial charge in [-0.25, -0.2) is 0 Å². The van der Waals surface area contributed by atoms with Crippen LogP contribution in [0.2, 0.25) is 0 Å². The second-order valence-electron chi connectivity index (χ2n) is 5.92. The number of hydrogen-bond acceptors (Lipinski definition) is 2. The van der Waals surface area contributed by atoms with Crippen LogP contribution in [0.5, 0.6) is 0 Å². The van der Waals surface area contributed by atoms with E-state index in [4.69, 9.17) is 5.73 Å². The lowest BCUT2D eigenvalue weighted by Crippen LogP contribution is -2.42. The summed E-state index contributed by atoms with van der Waals surface area (Å²) in [6.07, 6.45) is 5.54. The van der Waals surface area contributed by atoms with Crippen LogP contribution < -0.4 is 5.73 Å². The molecule has 3 nitrogen and oxygen atoms in total. The van der Waals surface area contributed by atoms with Crippen LogP contribution >= 0.6 is 0 Å². The molecule has 1 rings (SSSR count). The molecule has 1 fully saturated rings. The molecule has 17 heavy (non-hydrogen) atoms. The summed E-state index contributed by atoms with van der Waals surface area (Å²) in [6.45, 7) is 7.93. The summed E-state index contributed by atoms with van der Waals surface area (Å²) in [5, 5.41) is 0. The number of carbonyl (C=O) groups excluding carboxylic acids is 1. The van der Waals surface area contributed by atoms with Gasteiger partial charge in [-0.1, -0.05) is 33.6 Å². The van der Waals surface area contributed by atoms with Gasteiger partial charge in [0.05, 0.1) is 0 Å². The molecule has 1 amide bonds. The highest BCUT2D eigenvalue weighted by molar-refractivity contribution is 5.76. The van der Waals surface area contributed by atoms with Gasteiger partial charge < -0.3 is 10.6 Å². The summed E-state index contributed by atoms with van der Waals surface area (Å²) in [5.74, 6) is 1.16. The second kappa shape index (κ2) is 7.00. The zero-order valence-electron chi connectivity index (χ0n) is 11.6. The first-order valence-electron chi connectivity index (χ1n) is 7.04. The SMILES string of the molecule is CC(C)CN(C(=O)CC(C)CN)C1CCCC1. The first kappa shape index (κ1) is 14.5. The highest BCUT2D eigenvalue weighted by Gasteiger charge is 2.27. The van der Waals surface area contributed by atoms with Crippen molar-refractivity contribution in [2.45, 2.75) is 58.9 Å². The molecule has 0 saturated heterocycles. The Morgan fingerprint density at radius 1 is 1.29 bits per heavy atom. The van der Waals surface area contributed by atoms with Crippen LogP contribution in [-0.4, -0.2) is 29.9 Å². The van der Waals surface area contributed by atoms with Gasteiger partial charge in [0.15, 0.2) is 0 Å². The van der Waals surface area contributed by atoms with E-state index in [1.807, 2.05) is 0 Å². The number of rotatable bonds is 6. The van der Waals surface area contributed by atoms with Crippen LogP contribution in [-0.2, 0) is 4.79 Å². The second-order valence-corrected chi connectivity index (χ2v) is 5.92. The maximum atomic E-state index is 12.3. The third-order valence-electron chi connectivity index (χ3n) is 3.57. The average Bonchev–Trinajstić information content (AvgIpc) is 2.78. The molecule has 1 aliphatic rings. The molecule has 0 aliphatic heterocycles. The molecule has 0 aromatic rings. The lowest BCUT2D eigenvalue weighted by atomic mass is 10.0. The smallest absolute Gasteiger partial charge is 0.223 e. The van der Waals surface area contributed by atoms with Gasteiger partial charge in [0, 0.05) is 19.0 Å². The Kier molecular flexibility index (Phi) is 5.96. The van der Waals surface area contributed by atoms with Gasteiger partial charge in [-0.05, 0) is 31.2 Å². The van der Waals surface area contributed by atoms with E-state index >= 15 is 0 Å². The van der Waals surface area contributed by atoms with Gasteiger partial charge in [0.2, 0.25) is 5.91 Å². The maximum Gasteiger partial charge on any atom is 0.223 e. The number of nitrogens with two attached hydrogens (primary N) is 1. The predicted molar refractivity (Wildman–Crippen MR) is 71.6 cm³/mol. The highest BCUT2D eigenvalue weighted by atomic mass is 16.2. The van der Waals surface area contributed by atoms with Gasteiger partial charge in [-0.3, -0.25) is 4.79 Å². The first-order chi connectivity index (χ1) is 8.04. The van der Waals surface area contributed by atoms with E-state index < -0.39 is 0 Å². The van der Waals surface area contributed by atoms with E-state index in [0.29, 0.717) is 36.8 Å². The molecule has 1 atom stereocenters. The molecule has 2 N–H and O–H groups in total. The fourth-order valence-electron chi connectivity index (χ4n) is 2.56. The number of nitrogens with zero attached hydrogens (tertiary/aromatic N) is 1. The Morgan fingerprint density at radius 3 is 2.35 bits per heavy atom. The number of carbonyl (C=O) groups is 1. The van der Waals surface area contributed by atoms with Crippen LogP contribution in [0.25, 0.3) is 0 Å². The van der Waals surface area contributed by atoms with E-state index in [2.05, 4.69) is 25.7 Å². The van der Waals surface area contributed by atoms with Crippen molar-refractivity contribution in [1.82, 2.24) is 4.90 Å². The molecule has 1 saturated carbocycles. The van der Waals surface area contributed by atoms with E-state index in [1.54, 1.807) is 0 Å². The Bertz CT molecular complexity index is 234. The summed E-state index contributed by atoms with van der Waals surface area (Å²) in [4.78, 5) is 14.4. The molecular formula is C14H28N2O. The van der Waals surface area contributed by atoms with Crippen molar-refractivity contribution in [2.24, 2.45) is 17.6 Å². The molecular weight excluding hydrogens is 212 g/mol. The van der Waals surface area contributed by atoms with Crippen molar-refractivity contribution in [2.75, 3.05) is 13.1 Å². The average molecular weight is 240 g/mol. The van der Waals surface area contributed by atoms with Crippen molar-refractivity contribution in [3.05, 3.63) is 0 Å². The van der Waals surface area contributed by atoms with E-state index in [-0.39, 0.29) is 0 Å². The Balaban J connectivity index is 2.57. The lowest BCUT2D eigenvalue weighted by Gasteiger charge is -2.31. The van der Waals surface area contributed by atoms with Crippen molar-refractivity contribution >= 4 is 5.91 Å². The van der Waals surface area contributed by atoms with E-state index in [0.717, 1.165) is 6.54 Å². The molecule has 0 aromatic heterocycles. The van der Waals surface area contributed by atoms with Crippen LogP contribution in [0.1, 0.15) is 52.9 Å². The minimum atomic E-state index is 0.304. The van der Waals surface area contributed by atoms with Gasteiger partial charge in [0.25, 0.3) is 0 Å². The van der Waals surface area contributed by atoms with Crippen LogP contribution in [0.4, 0.5) is 0 Å². The zero-order valence-corrected chi connectivity index (χ0v) is 11.6. The summed E-state index contributed by atoms with van der Waals surface area (Å²) < 4.78 is 0. The summed E-state index contributed by atoms with van der Waals surface area (Å²) >= 11 is 0. The standard InChI is InChI=1S/C14H28N2O/c1-11(2)10-16(13-6-4-5-7-13)14(17)8-12(3)9-15/h11-13H,4-10,15H2,1-3H3. The fraction of sp³-hybridized carbons (Fsp3) is 0.929. The minimum Gasteiger partial charge on any atom is -0.339 e. The van der Waals surface area contributed by atoms with Crippen molar-refractivity contribution < 1.29 is 4.79 Å². The molecule has 1 aliphatic carbocycles. The predicted octanol–water partition coefficient (Wildman–Crippen LogP) is 2.40. The topological polar surface area (TPSA) is 46.3 Å². The third-order valence-corrected chi connectivity index (χ3v) is 3.57. The largest absolute Gasteiger partial charge is 0.339 e. The minimum absolute atomic E-state index is 0.304. The normalized spacial score (nSPS) is 18.6. The monoisotopic (exact) mass is 240 g/mol. The van der Waals surface area contributed by atoms with Gasteiger partial charge in [-0.2, -0.15) is 0 Å². The Labute approximate surface area is 106 Å². The lowest BCUT2D eigenvalue weighted by molar-refractivity contribution is -0.134. The molecule has 0 radical (unpaired) electrons. The van der Waals surface area contributed by atoms with Crippen LogP contribution in [0, 0.1) is 11.8 Å². The molecule has 0 spiro atoms. The van der Waals surface area contributed by atoms with Crippen LogP contribution in [0.15, 0.2) is 0 Å². The number of hydrogen-bond donors (Lipinski definition) is 1. The van der Waals surface area contributed by atoms with Crippen molar-refractivity contribution in [3.8, 4) is 0 Å². The van der Waals surface area contributed by atoms with Crippen LogP contribution in [0.3, 0.4) is 0 Å². The first-order valence-corrected chi connectivity index (χ1v) is 7.04. The molecule has 0 heterocycles. The summed E-state index contributed by atoms with van der Waals surface area (Å²) in [6, 6.07) is 0.495. The van der Waals surface area contributed by atoms with E-state index in [9.17, 15) is 4.79 Å². The fourth-order valence-corrected chi connectivity index (χ4v) is 2.56. The number of amides is 1. The molecule has 3 heteroatoms. The Hall–Kier alpha value is -0.570. The zero-order chi connectivity index (χ0) is 12.8. The summed E-state index contributed by atoms with van der Waals surface area (Å²) in [7, 11) is 0. The quantitative estimate of drug-likeness (QED) is 0.775. The van der Waals surface area contributed by atoms with Crippen molar-refractivity contribution in [1.29, 1.82) is 0 Å². The maximum absolute atomic E-state index is 12.3. The Morgan fingerprint density at radius 2 is 1.88 bits per heavy atom.